The van der Waals surface area contributed by atoms with Crippen LogP contribution in [-0.4, -0.2) is 41.7 Å². The number of nitrogens with zero attached hydrogens (tertiary/aromatic N) is 7. The number of thioether (sulfide) groups is 1. The normalized spacial score (nSPS) is 11.1. The van der Waals surface area contributed by atoms with Crippen molar-refractivity contribution in [3.8, 4) is 17.1 Å². The number of aromatic nitrogens is 7. The van der Waals surface area contributed by atoms with Crippen molar-refractivity contribution < 1.29 is 4.74 Å². The van der Waals surface area contributed by atoms with Crippen molar-refractivity contribution in [2.24, 2.45) is 7.05 Å². The van der Waals surface area contributed by atoms with Gasteiger partial charge in [-0.1, -0.05) is 30.0 Å². The van der Waals surface area contributed by atoms with E-state index in [2.05, 4.69) is 20.5 Å². The third kappa shape index (κ3) is 3.63. The summed E-state index contributed by atoms with van der Waals surface area (Å²) in [5, 5.41) is 12.6. The molecule has 0 aliphatic heterocycles. The molecule has 3 aromatic heterocycles. The molecule has 0 spiro atoms. The number of benzene rings is 1. The highest BCUT2D eigenvalue weighted by molar-refractivity contribution is 7.98. The second-order valence-corrected chi connectivity index (χ2v) is 8.06. The van der Waals surface area contributed by atoms with Gasteiger partial charge in [-0.05, 0) is 43.3 Å². The third-order valence-corrected chi connectivity index (χ3v) is 6.19. The number of hydrogen-bond donors (Lipinski definition) is 0. The lowest BCUT2D eigenvalue weighted by Gasteiger charge is -2.11. The number of hydrogen-bond acceptors (Lipinski definition) is 7. The van der Waals surface area contributed by atoms with Crippen molar-refractivity contribution in [2.45, 2.75) is 31.7 Å². The molecule has 1 aromatic carbocycles. The number of ether oxygens (including phenoxy) is 1. The number of methoxy groups -OCH3 is 1. The molecule has 0 saturated carbocycles. The van der Waals surface area contributed by atoms with Gasteiger partial charge in [0.25, 0.3) is 5.56 Å². The van der Waals surface area contributed by atoms with Crippen LogP contribution in [0.2, 0.25) is 0 Å². The highest BCUT2D eigenvalue weighted by atomic mass is 32.2. The molecule has 0 fully saturated rings. The van der Waals surface area contributed by atoms with Gasteiger partial charge in [0.2, 0.25) is 5.16 Å². The first kappa shape index (κ1) is 20.9. The molecule has 0 aliphatic carbocycles. The van der Waals surface area contributed by atoms with Crippen molar-refractivity contribution in [1.29, 1.82) is 0 Å². The van der Waals surface area contributed by atoms with Gasteiger partial charge in [0.05, 0.1) is 24.2 Å². The van der Waals surface area contributed by atoms with Crippen LogP contribution in [-0.2, 0) is 12.8 Å². The largest absolute Gasteiger partial charge is 0.496 e. The molecule has 0 amide bonds. The van der Waals surface area contributed by atoms with E-state index >= 15 is 0 Å². The fourth-order valence-corrected chi connectivity index (χ4v) is 4.46. The summed E-state index contributed by atoms with van der Waals surface area (Å²) < 4.78 is 10.4. The highest BCUT2D eigenvalue weighted by Crippen LogP contribution is 2.29. The van der Waals surface area contributed by atoms with Crippen LogP contribution in [0.3, 0.4) is 0 Å². The minimum absolute atomic E-state index is 0.188. The van der Waals surface area contributed by atoms with E-state index in [0.717, 1.165) is 34.0 Å². The molecular weight excluding hydrogens is 414 g/mol. The Bertz CT molecular complexity index is 1290. The lowest BCUT2D eigenvalue weighted by Crippen LogP contribution is -2.22. The predicted molar refractivity (Wildman–Crippen MR) is 118 cm³/mol. The van der Waals surface area contributed by atoms with Gasteiger partial charge in [0.15, 0.2) is 5.69 Å². The van der Waals surface area contributed by atoms with Gasteiger partial charge in [0, 0.05) is 30.1 Å². The van der Waals surface area contributed by atoms with Crippen LogP contribution in [0.4, 0.5) is 0 Å². The number of aryl methyl sites for hydroxylation is 1. The molecule has 4 aromatic rings. The molecule has 31 heavy (non-hydrogen) atoms. The Kier molecular flexibility index (Phi) is 5.64. The summed E-state index contributed by atoms with van der Waals surface area (Å²) in [4.78, 5) is 17.8. The van der Waals surface area contributed by atoms with Crippen LogP contribution in [0.15, 0.2) is 46.5 Å². The zero-order valence-corrected chi connectivity index (χ0v) is 18.8. The average Bonchev–Trinajstić information content (AvgIpc) is 3.30. The Morgan fingerprint density at radius 3 is 2.58 bits per heavy atom. The summed E-state index contributed by atoms with van der Waals surface area (Å²) in [6.07, 6.45) is 1.80. The van der Waals surface area contributed by atoms with E-state index < -0.39 is 0 Å². The van der Waals surface area contributed by atoms with Gasteiger partial charge in [-0.15, -0.1) is 5.10 Å². The Hall–Kier alpha value is -3.40. The van der Waals surface area contributed by atoms with Crippen molar-refractivity contribution in [3.63, 3.8) is 0 Å². The van der Waals surface area contributed by atoms with E-state index in [1.807, 2.05) is 58.2 Å². The molecule has 9 nitrogen and oxygen atoms in total. The van der Waals surface area contributed by atoms with E-state index in [1.54, 1.807) is 22.7 Å². The molecule has 0 N–H and O–H groups in total. The van der Waals surface area contributed by atoms with E-state index in [1.165, 1.54) is 16.4 Å². The summed E-state index contributed by atoms with van der Waals surface area (Å²) in [5.74, 6) is 1.37. The first-order valence-electron chi connectivity index (χ1n) is 9.68. The lowest BCUT2D eigenvalue weighted by atomic mass is 10.1. The van der Waals surface area contributed by atoms with Gasteiger partial charge in [-0.2, -0.15) is 4.68 Å². The fourth-order valence-electron chi connectivity index (χ4n) is 3.56. The third-order valence-electron chi connectivity index (χ3n) is 5.26. The van der Waals surface area contributed by atoms with Gasteiger partial charge < -0.3 is 4.74 Å². The van der Waals surface area contributed by atoms with Crippen LogP contribution >= 0.6 is 11.8 Å². The monoisotopic (exact) mass is 437 g/mol. The average molecular weight is 438 g/mol. The van der Waals surface area contributed by atoms with Crippen LogP contribution in [0.1, 0.15) is 22.5 Å². The Morgan fingerprint density at radius 1 is 1.13 bits per heavy atom. The first-order valence-corrected chi connectivity index (χ1v) is 10.7. The van der Waals surface area contributed by atoms with Gasteiger partial charge in [0.1, 0.15) is 5.75 Å². The van der Waals surface area contributed by atoms with Crippen LogP contribution in [0.25, 0.3) is 11.4 Å². The fraction of sp³-hybridized carbons (Fsp3) is 0.286. The Labute approximate surface area is 183 Å². The van der Waals surface area contributed by atoms with Crippen LogP contribution in [0.5, 0.6) is 5.75 Å². The topological polar surface area (TPSA) is 92.7 Å². The van der Waals surface area contributed by atoms with E-state index in [-0.39, 0.29) is 5.56 Å². The minimum Gasteiger partial charge on any atom is -0.496 e. The quantitative estimate of drug-likeness (QED) is 0.428. The summed E-state index contributed by atoms with van der Waals surface area (Å²) in [5.41, 5.74) is 4.62. The zero-order chi connectivity index (χ0) is 22.1. The SMILES string of the molecule is COc1c(C)cnc(CSc2nnnn2-c2c(C)n(C)n(-c3ccccc3)c2=O)c1C. The molecule has 0 aliphatic rings. The number of pyridine rings is 1. The maximum absolute atomic E-state index is 13.3. The number of tetrazole rings is 1. The molecule has 0 bridgehead atoms. The van der Waals surface area contributed by atoms with E-state index in [4.69, 9.17) is 4.74 Å². The minimum atomic E-state index is -0.188. The predicted octanol–water partition coefficient (Wildman–Crippen LogP) is 2.77. The Morgan fingerprint density at radius 2 is 1.87 bits per heavy atom. The van der Waals surface area contributed by atoms with Crippen molar-refractivity contribution >= 4 is 11.8 Å². The van der Waals surface area contributed by atoms with Crippen molar-refractivity contribution in [1.82, 2.24) is 34.6 Å². The molecule has 10 heteroatoms. The van der Waals surface area contributed by atoms with Crippen molar-refractivity contribution in [2.75, 3.05) is 7.11 Å². The number of rotatable bonds is 6. The maximum atomic E-state index is 13.3. The van der Waals surface area contributed by atoms with E-state index in [0.29, 0.717) is 16.6 Å². The summed E-state index contributed by atoms with van der Waals surface area (Å²) in [6, 6.07) is 9.48. The summed E-state index contributed by atoms with van der Waals surface area (Å²) in [7, 11) is 3.50. The zero-order valence-electron chi connectivity index (χ0n) is 18.0. The van der Waals surface area contributed by atoms with Gasteiger partial charge in [-0.25, -0.2) is 4.68 Å². The van der Waals surface area contributed by atoms with Gasteiger partial charge >= 0.3 is 0 Å². The second kappa shape index (κ2) is 8.38. The molecule has 0 saturated heterocycles. The molecule has 3 heterocycles. The highest BCUT2D eigenvalue weighted by Gasteiger charge is 2.22. The second-order valence-electron chi connectivity index (χ2n) is 7.12. The molecule has 0 atom stereocenters. The standard InChI is InChI=1S/C21H23N7O2S/c1-13-11-22-17(14(2)19(13)30-5)12-31-21-23-24-25-27(21)18-15(3)26(4)28(20(18)29)16-9-7-6-8-10-16/h6-11H,12H2,1-5H3. The summed E-state index contributed by atoms with van der Waals surface area (Å²) >= 11 is 1.42. The van der Waals surface area contributed by atoms with Gasteiger partial charge in [-0.3, -0.25) is 14.5 Å². The molecular formula is C21H23N7O2S. The Balaban J connectivity index is 1.70. The first-order chi connectivity index (χ1) is 14.9. The summed E-state index contributed by atoms with van der Waals surface area (Å²) in [6.45, 7) is 5.83. The van der Waals surface area contributed by atoms with E-state index in [9.17, 15) is 4.79 Å². The molecule has 0 unspecified atom stereocenters. The lowest BCUT2D eigenvalue weighted by molar-refractivity contribution is 0.407. The maximum Gasteiger partial charge on any atom is 0.297 e. The molecule has 0 radical (unpaired) electrons. The number of para-hydroxylation sites is 1. The van der Waals surface area contributed by atoms with Crippen LogP contribution < -0.4 is 10.3 Å². The molecule has 160 valence electrons. The van der Waals surface area contributed by atoms with Crippen LogP contribution in [0, 0.1) is 20.8 Å². The molecule has 4 rings (SSSR count). The van der Waals surface area contributed by atoms with Crippen molar-refractivity contribution in [3.05, 3.63) is 69.4 Å². The smallest absolute Gasteiger partial charge is 0.297 e.